The zero-order chi connectivity index (χ0) is 17.1. The highest BCUT2D eigenvalue weighted by Gasteiger charge is 2.13. The fraction of sp³-hybridized carbons (Fsp3) is 0.286. The van der Waals surface area contributed by atoms with Crippen LogP contribution in [0, 0.1) is 0 Å². The summed E-state index contributed by atoms with van der Waals surface area (Å²) in [5.41, 5.74) is 0. The topological polar surface area (TPSA) is 38.8 Å². The highest BCUT2D eigenvalue weighted by molar-refractivity contribution is 6.07. The van der Waals surface area contributed by atoms with E-state index in [0.717, 1.165) is 35.8 Å². The van der Waals surface area contributed by atoms with Gasteiger partial charge in [0.1, 0.15) is 12.4 Å². The van der Waals surface area contributed by atoms with Gasteiger partial charge in [-0.1, -0.05) is 42.5 Å². The molecule has 0 unspecified atom stereocenters. The minimum Gasteiger partial charge on any atom is -0.433 e. The van der Waals surface area contributed by atoms with Crippen molar-refractivity contribution in [3.63, 3.8) is 0 Å². The van der Waals surface area contributed by atoms with E-state index in [-0.39, 0.29) is 0 Å². The molecule has 1 saturated heterocycles. The van der Waals surface area contributed by atoms with Crippen LogP contribution in [0.3, 0.4) is 0 Å². The molecule has 1 aliphatic heterocycles. The van der Waals surface area contributed by atoms with Crippen molar-refractivity contribution in [3.05, 3.63) is 54.6 Å². The molecule has 3 aromatic rings. The summed E-state index contributed by atoms with van der Waals surface area (Å²) in [6.45, 7) is 3.33. The lowest BCUT2D eigenvalue weighted by Gasteiger charge is -2.14. The fourth-order valence-corrected chi connectivity index (χ4v) is 3.43. The Morgan fingerprint density at radius 1 is 0.920 bits per heavy atom. The van der Waals surface area contributed by atoms with Crippen molar-refractivity contribution < 1.29 is 14.3 Å². The molecular weight excluding hydrogens is 314 g/mol. The zero-order valence-corrected chi connectivity index (χ0v) is 14.1. The van der Waals surface area contributed by atoms with Crippen molar-refractivity contribution >= 4 is 27.7 Å². The Hall–Kier alpha value is -2.59. The number of fused-ring (bicyclic) bond motifs is 3. The van der Waals surface area contributed by atoms with Gasteiger partial charge in [-0.2, -0.15) is 0 Å². The maximum atomic E-state index is 11.9. The summed E-state index contributed by atoms with van der Waals surface area (Å²) < 4.78 is 10.6. The molecule has 0 bridgehead atoms. The number of ether oxygens (including phenoxy) is 2. The lowest BCUT2D eigenvalue weighted by atomic mass is 10.0. The van der Waals surface area contributed by atoms with Gasteiger partial charge < -0.3 is 9.47 Å². The first-order valence-electron chi connectivity index (χ1n) is 8.78. The fourth-order valence-electron chi connectivity index (χ4n) is 3.43. The molecule has 3 aromatic carbocycles. The Morgan fingerprint density at radius 3 is 2.48 bits per heavy atom. The van der Waals surface area contributed by atoms with E-state index in [0.29, 0.717) is 12.4 Å². The normalized spacial score (nSPS) is 14.9. The molecule has 0 aromatic heterocycles. The van der Waals surface area contributed by atoms with Crippen LogP contribution in [0.1, 0.15) is 12.8 Å². The standard InChI is InChI=1S/C21H21NO3/c23-21(24-14-13-22-11-3-4-12-22)25-18-10-9-17-8-7-16-5-1-2-6-19(16)20(17)15-18/h1-2,5-10,15H,3-4,11-14H2. The Labute approximate surface area is 146 Å². The molecule has 4 heteroatoms. The van der Waals surface area contributed by atoms with E-state index in [1.165, 1.54) is 18.2 Å². The smallest absolute Gasteiger partial charge is 0.433 e. The molecule has 0 amide bonds. The predicted molar refractivity (Wildman–Crippen MR) is 99.1 cm³/mol. The molecule has 25 heavy (non-hydrogen) atoms. The van der Waals surface area contributed by atoms with Crippen molar-refractivity contribution in [1.82, 2.24) is 4.90 Å². The quantitative estimate of drug-likeness (QED) is 0.397. The van der Waals surface area contributed by atoms with Crippen LogP contribution in [-0.2, 0) is 4.74 Å². The van der Waals surface area contributed by atoms with E-state index >= 15 is 0 Å². The minimum absolute atomic E-state index is 0.370. The zero-order valence-electron chi connectivity index (χ0n) is 14.1. The average molecular weight is 335 g/mol. The number of hydrogen-bond acceptors (Lipinski definition) is 4. The lowest BCUT2D eigenvalue weighted by molar-refractivity contribution is 0.0901. The van der Waals surface area contributed by atoms with Crippen molar-refractivity contribution in [3.8, 4) is 5.75 Å². The third-order valence-corrected chi connectivity index (χ3v) is 4.75. The number of carbonyl (C=O) groups is 1. The summed E-state index contributed by atoms with van der Waals surface area (Å²) in [7, 11) is 0. The van der Waals surface area contributed by atoms with Crippen LogP contribution in [0.4, 0.5) is 4.79 Å². The van der Waals surface area contributed by atoms with E-state index in [4.69, 9.17) is 9.47 Å². The Morgan fingerprint density at radius 2 is 1.64 bits per heavy atom. The third kappa shape index (κ3) is 3.59. The molecule has 0 N–H and O–H groups in total. The SMILES string of the molecule is O=C(OCCN1CCCC1)Oc1ccc2ccc3ccccc3c2c1. The van der Waals surface area contributed by atoms with E-state index in [9.17, 15) is 4.79 Å². The van der Waals surface area contributed by atoms with E-state index in [2.05, 4.69) is 29.2 Å². The molecule has 1 heterocycles. The average Bonchev–Trinajstić information content (AvgIpc) is 3.15. The second-order valence-corrected chi connectivity index (χ2v) is 6.42. The maximum Gasteiger partial charge on any atom is 0.513 e. The van der Waals surface area contributed by atoms with Gasteiger partial charge >= 0.3 is 6.16 Å². The van der Waals surface area contributed by atoms with Crippen molar-refractivity contribution in [1.29, 1.82) is 0 Å². The molecule has 0 radical (unpaired) electrons. The number of carbonyl (C=O) groups excluding carboxylic acids is 1. The summed E-state index contributed by atoms with van der Waals surface area (Å²) in [4.78, 5) is 14.2. The van der Waals surface area contributed by atoms with Gasteiger partial charge in [-0.05, 0) is 59.6 Å². The summed E-state index contributed by atoms with van der Waals surface area (Å²) in [5.74, 6) is 0.509. The first-order chi connectivity index (χ1) is 12.3. The van der Waals surface area contributed by atoms with Gasteiger partial charge in [-0.15, -0.1) is 0 Å². The largest absolute Gasteiger partial charge is 0.513 e. The maximum absolute atomic E-state index is 11.9. The monoisotopic (exact) mass is 335 g/mol. The molecular formula is C21H21NO3. The van der Waals surface area contributed by atoms with Crippen LogP contribution in [0.2, 0.25) is 0 Å². The number of nitrogens with zero attached hydrogens (tertiary/aromatic N) is 1. The van der Waals surface area contributed by atoms with Crippen LogP contribution in [0.5, 0.6) is 5.75 Å². The van der Waals surface area contributed by atoms with E-state index in [1.54, 1.807) is 6.07 Å². The molecule has 128 valence electrons. The highest BCUT2D eigenvalue weighted by atomic mass is 16.7. The van der Waals surface area contributed by atoms with Crippen LogP contribution in [0.25, 0.3) is 21.5 Å². The Bertz CT molecular complexity index is 900. The van der Waals surface area contributed by atoms with Crippen molar-refractivity contribution in [2.24, 2.45) is 0 Å². The second kappa shape index (κ2) is 7.11. The highest BCUT2D eigenvalue weighted by Crippen LogP contribution is 2.28. The minimum atomic E-state index is -0.640. The van der Waals surface area contributed by atoms with Crippen LogP contribution in [0.15, 0.2) is 54.6 Å². The molecule has 0 spiro atoms. The van der Waals surface area contributed by atoms with E-state index in [1.807, 2.05) is 24.3 Å². The van der Waals surface area contributed by atoms with Crippen molar-refractivity contribution in [2.75, 3.05) is 26.2 Å². The summed E-state index contributed by atoms with van der Waals surface area (Å²) in [6, 6.07) is 18.0. The van der Waals surface area contributed by atoms with Gasteiger partial charge in [0.2, 0.25) is 0 Å². The first-order valence-corrected chi connectivity index (χ1v) is 8.78. The molecule has 0 atom stereocenters. The number of benzene rings is 3. The van der Waals surface area contributed by atoms with Gasteiger partial charge in [0.05, 0.1) is 0 Å². The van der Waals surface area contributed by atoms with Gasteiger partial charge in [0.15, 0.2) is 0 Å². The Kier molecular flexibility index (Phi) is 4.53. The van der Waals surface area contributed by atoms with Gasteiger partial charge in [0, 0.05) is 6.54 Å². The van der Waals surface area contributed by atoms with Gasteiger partial charge in [0.25, 0.3) is 0 Å². The summed E-state index contributed by atoms with van der Waals surface area (Å²) >= 11 is 0. The molecule has 1 aliphatic rings. The van der Waals surface area contributed by atoms with Gasteiger partial charge in [-0.25, -0.2) is 4.79 Å². The number of rotatable bonds is 4. The lowest BCUT2D eigenvalue weighted by Crippen LogP contribution is -2.25. The molecule has 0 saturated carbocycles. The number of likely N-dealkylation sites (tertiary alicyclic amines) is 1. The molecule has 4 rings (SSSR count). The van der Waals surface area contributed by atoms with E-state index < -0.39 is 6.16 Å². The second-order valence-electron chi connectivity index (χ2n) is 6.42. The van der Waals surface area contributed by atoms with Gasteiger partial charge in [-0.3, -0.25) is 4.90 Å². The van der Waals surface area contributed by atoms with Crippen LogP contribution < -0.4 is 4.74 Å². The summed E-state index contributed by atoms with van der Waals surface area (Å²) in [5, 5.41) is 4.50. The molecule has 0 aliphatic carbocycles. The third-order valence-electron chi connectivity index (χ3n) is 4.75. The van der Waals surface area contributed by atoms with Crippen LogP contribution >= 0.6 is 0 Å². The van der Waals surface area contributed by atoms with Crippen molar-refractivity contribution in [2.45, 2.75) is 12.8 Å². The molecule has 1 fully saturated rings. The number of hydrogen-bond donors (Lipinski definition) is 0. The predicted octanol–water partition coefficient (Wildman–Crippen LogP) is 4.60. The summed E-state index contributed by atoms with van der Waals surface area (Å²) in [6.07, 6.45) is 1.82. The molecule has 4 nitrogen and oxygen atoms in total. The van der Waals surface area contributed by atoms with Crippen LogP contribution in [-0.4, -0.2) is 37.3 Å². The Balaban J connectivity index is 1.45. The first kappa shape index (κ1) is 15.9.